The molecule has 1 aromatic heterocycles. The summed E-state index contributed by atoms with van der Waals surface area (Å²) in [5.41, 5.74) is 2.26. The normalized spacial score (nSPS) is 16.7. The van der Waals surface area contributed by atoms with Gasteiger partial charge in [-0.15, -0.1) is 0 Å². The lowest BCUT2D eigenvalue weighted by Gasteiger charge is -2.25. The number of aromatic nitrogens is 1. The minimum atomic E-state index is -1.35. The number of fused-ring (bicyclic) bond motifs is 1. The summed E-state index contributed by atoms with van der Waals surface area (Å²) in [5, 5.41) is 30.8. The Morgan fingerprint density at radius 3 is 2.21 bits per heavy atom. The first-order chi connectivity index (χ1) is 20.2. The van der Waals surface area contributed by atoms with E-state index in [0.29, 0.717) is 18.5 Å². The quantitative estimate of drug-likeness (QED) is 0.148. The fourth-order valence-electron chi connectivity index (χ4n) is 5.04. The van der Waals surface area contributed by atoms with Crippen molar-refractivity contribution < 1.29 is 34.2 Å². The number of carbonyl (C=O) groups excluding carboxylic acids is 3. The number of carboxylic acids is 2. The fraction of sp³-hybridized carbons (Fsp3) is 0.367. The summed E-state index contributed by atoms with van der Waals surface area (Å²) in [6.07, 6.45) is 2.51. The third-order valence-corrected chi connectivity index (χ3v) is 7.29. The third kappa shape index (κ3) is 8.16. The van der Waals surface area contributed by atoms with Gasteiger partial charge >= 0.3 is 11.9 Å². The highest BCUT2D eigenvalue weighted by Gasteiger charge is 2.32. The summed E-state index contributed by atoms with van der Waals surface area (Å²) in [4.78, 5) is 66.2. The summed E-state index contributed by atoms with van der Waals surface area (Å²) in [6, 6.07) is 12.2. The number of hydrogen-bond acceptors (Lipinski definition) is 6. The van der Waals surface area contributed by atoms with E-state index in [1.54, 1.807) is 30.5 Å². The Labute approximate surface area is 242 Å². The maximum Gasteiger partial charge on any atom is 0.326 e. The van der Waals surface area contributed by atoms with Crippen molar-refractivity contribution in [3.05, 3.63) is 71.9 Å². The zero-order chi connectivity index (χ0) is 30.1. The molecular formula is C30H35N5O7. The lowest BCUT2D eigenvalue weighted by molar-refractivity contribution is -0.143. The first kappa shape index (κ1) is 30.3. The number of carboxylic acid groups (broad SMARTS) is 2. The molecule has 4 rings (SSSR count). The third-order valence-electron chi connectivity index (χ3n) is 7.29. The average molecular weight is 578 g/mol. The van der Waals surface area contributed by atoms with Crippen LogP contribution in [0.25, 0.3) is 10.9 Å². The topological polar surface area (TPSA) is 190 Å². The van der Waals surface area contributed by atoms with Crippen LogP contribution in [0, 0.1) is 0 Å². The second-order valence-electron chi connectivity index (χ2n) is 10.4. The first-order valence-corrected chi connectivity index (χ1v) is 13.9. The minimum Gasteiger partial charge on any atom is -0.481 e. The molecular weight excluding hydrogens is 542 g/mol. The van der Waals surface area contributed by atoms with Gasteiger partial charge in [-0.3, -0.25) is 19.2 Å². The van der Waals surface area contributed by atoms with Gasteiger partial charge in [0.25, 0.3) is 0 Å². The van der Waals surface area contributed by atoms with E-state index in [1.165, 1.54) is 0 Å². The van der Waals surface area contributed by atoms with Gasteiger partial charge in [0.15, 0.2) is 0 Å². The molecule has 3 aromatic rings. The van der Waals surface area contributed by atoms with Crippen LogP contribution in [0.4, 0.5) is 0 Å². The lowest BCUT2D eigenvalue weighted by atomic mass is 10.0. The van der Waals surface area contributed by atoms with E-state index >= 15 is 0 Å². The van der Waals surface area contributed by atoms with E-state index in [4.69, 9.17) is 0 Å². The van der Waals surface area contributed by atoms with Crippen LogP contribution in [0.1, 0.15) is 36.8 Å². The Hall–Kier alpha value is -4.71. The molecule has 0 bridgehead atoms. The molecule has 0 radical (unpaired) electrons. The van der Waals surface area contributed by atoms with Gasteiger partial charge in [-0.1, -0.05) is 48.5 Å². The van der Waals surface area contributed by atoms with Crippen LogP contribution >= 0.6 is 0 Å². The van der Waals surface area contributed by atoms with Crippen molar-refractivity contribution >= 4 is 40.6 Å². The second kappa shape index (κ2) is 14.3. The van der Waals surface area contributed by atoms with E-state index in [2.05, 4.69) is 26.3 Å². The molecule has 1 aliphatic heterocycles. The van der Waals surface area contributed by atoms with E-state index in [1.807, 2.05) is 30.3 Å². The molecule has 0 spiro atoms. The van der Waals surface area contributed by atoms with Crippen molar-refractivity contribution in [2.75, 3.05) is 6.54 Å². The molecule has 3 amide bonds. The monoisotopic (exact) mass is 577 g/mol. The van der Waals surface area contributed by atoms with E-state index in [9.17, 15) is 34.2 Å². The summed E-state index contributed by atoms with van der Waals surface area (Å²) in [7, 11) is 0. The zero-order valence-corrected chi connectivity index (χ0v) is 23.0. The Kier molecular flexibility index (Phi) is 10.3. The number of H-pyrrole nitrogens is 1. The molecule has 4 atom stereocenters. The van der Waals surface area contributed by atoms with Crippen molar-refractivity contribution in [2.45, 2.75) is 62.7 Å². The van der Waals surface area contributed by atoms with Crippen molar-refractivity contribution in [3.63, 3.8) is 0 Å². The molecule has 0 aliphatic carbocycles. The maximum absolute atomic E-state index is 13.5. The van der Waals surface area contributed by atoms with Gasteiger partial charge in [0, 0.05) is 36.4 Å². The summed E-state index contributed by atoms with van der Waals surface area (Å²) >= 11 is 0. The predicted octanol–water partition coefficient (Wildman–Crippen LogP) is 1.11. The number of rotatable bonds is 14. The standard InChI is InChI=1S/C30H35N5O7/c36-26(37)13-12-23(28(39)35-25(30(41)42)16-19-17-32-21-10-5-4-9-20(19)21)33-29(40)24(15-18-7-2-1-3-8-18)34-27(38)22-11-6-14-31-22/h1-5,7-10,17,22-25,31-32H,6,11-16H2,(H,33,40)(H,34,38)(H,35,39)(H,36,37)(H,41,42). The molecule has 7 N–H and O–H groups in total. The Balaban J connectivity index is 1.50. The Morgan fingerprint density at radius 1 is 0.833 bits per heavy atom. The summed E-state index contributed by atoms with van der Waals surface area (Å²) in [5.74, 6) is -4.33. The number of nitrogens with one attached hydrogen (secondary N) is 5. The van der Waals surface area contributed by atoms with E-state index < -0.39 is 54.3 Å². The first-order valence-electron chi connectivity index (χ1n) is 13.9. The highest BCUT2D eigenvalue weighted by molar-refractivity contribution is 5.94. The van der Waals surface area contributed by atoms with Crippen LogP contribution in [-0.2, 0) is 36.8 Å². The largest absolute Gasteiger partial charge is 0.481 e. The van der Waals surface area contributed by atoms with Crippen molar-refractivity contribution in [2.24, 2.45) is 0 Å². The minimum absolute atomic E-state index is 0.0360. The van der Waals surface area contributed by atoms with Crippen molar-refractivity contribution in [1.82, 2.24) is 26.3 Å². The number of para-hydroxylation sites is 1. The zero-order valence-electron chi connectivity index (χ0n) is 23.0. The van der Waals surface area contributed by atoms with Crippen LogP contribution in [0.3, 0.4) is 0 Å². The Bertz CT molecular complexity index is 1420. The fourth-order valence-corrected chi connectivity index (χ4v) is 5.04. The molecule has 1 fully saturated rings. The Morgan fingerprint density at radius 2 is 1.52 bits per heavy atom. The van der Waals surface area contributed by atoms with Gasteiger partial charge in [0.05, 0.1) is 6.04 Å². The SMILES string of the molecule is O=C(O)CCC(NC(=O)C(Cc1ccccc1)NC(=O)C1CCCN1)C(=O)NC(Cc1c[nH]c2ccccc12)C(=O)O. The van der Waals surface area contributed by atoms with Crippen molar-refractivity contribution in [1.29, 1.82) is 0 Å². The van der Waals surface area contributed by atoms with E-state index in [-0.39, 0.29) is 25.2 Å². The smallest absolute Gasteiger partial charge is 0.326 e. The molecule has 12 nitrogen and oxygen atoms in total. The molecule has 2 heterocycles. The van der Waals surface area contributed by atoms with Gasteiger partial charge in [-0.2, -0.15) is 0 Å². The van der Waals surface area contributed by atoms with Crippen LogP contribution in [0.5, 0.6) is 0 Å². The van der Waals surface area contributed by atoms with Gasteiger partial charge < -0.3 is 36.5 Å². The average Bonchev–Trinajstić information content (AvgIpc) is 3.66. The van der Waals surface area contributed by atoms with E-state index in [0.717, 1.165) is 22.9 Å². The molecule has 222 valence electrons. The molecule has 4 unspecified atom stereocenters. The molecule has 0 saturated carbocycles. The molecule has 1 aliphatic rings. The predicted molar refractivity (Wildman–Crippen MR) is 153 cm³/mol. The van der Waals surface area contributed by atoms with Crippen molar-refractivity contribution in [3.8, 4) is 0 Å². The highest BCUT2D eigenvalue weighted by Crippen LogP contribution is 2.19. The summed E-state index contributed by atoms with van der Waals surface area (Å²) in [6.45, 7) is 0.689. The number of carbonyl (C=O) groups is 5. The second-order valence-corrected chi connectivity index (χ2v) is 10.4. The molecule has 12 heteroatoms. The molecule has 2 aromatic carbocycles. The number of aliphatic carboxylic acids is 2. The number of aromatic amines is 1. The van der Waals surface area contributed by atoms with Gasteiger partial charge in [-0.25, -0.2) is 4.79 Å². The van der Waals surface area contributed by atoms with Crippen LogP contribution < -0.4 is 21.3 Å². The van der Waals surface area contributed by atoms with Gasteiger partial charge in [-0.05, 0) is 43.0 Å². The van der Waals surface area contributed by atoms with Crippen LogP contribution in [-0.4, -0.2) is 75.6 Å². The number of amides is 3. The van der Waals surface area contributed by atoms with Gasteiger partial charge in [0.2, 0.25) is 17.7 Å². The van der Waals surface area contributed by atoms with Gasteiger partial charge in [0.1, 0.15) is 18.1 Å². The maximum atomic E-state index is 13.5. The number of hydrogen-bond donors (Lipinski definition) is 7. The summed E-state index contributed by atoms with van der Waals surface area (Å²) < 4.78 is 0. The molecule has 1 saturated heterocycles. The number of benzene rings is 2. The lowest BCUT2D eigenvalue weighted by Crippen LogP contribution is -2.57. The highest BCUT2D eigenvalue weighted by atomic mass is 16.4. The van der Waals surface area contributed by atoms with Crippen LogP contribution in [0.2, 0.25) is 0 Å². The van der Waals surface area contributed by atoms with Crippen LogP contribution in [0.15, 0.2) is 60.8 Å². The molecule has 42 heavy (non-hydrogen) atoms.